The van der Waals surface area contributed by atoms with E-state index < -0.39 is 0 Å². The Labute approximate surface area is 102 Å². The van der Waals surface area contributed by atoms with Gasteiger partial charge in [0.1, 0.15) is 5.75 Å². The van der Waals surface area contributed by atoms with E-state index in [4.69, 9.17) is 4.84 Å². The number of hydrogen-bond donors (Lipinski definition) is 2. The average molecular weight is 275 g/mol. The largest absolute Gasteiger partial charge is 0.397 e. The first-order valence-electron chi connectivity index (χ1n) is 5.22. The average Bonchev–Trinajstić information content (AvgIpc) is 2.33. The molecule has 2 N–H and O–H groups in total. The molecule has 1 saturated heterocycles. The summed E-state index contributed by atoms with van der Waals surface area (Å²) in [5.74, 6) is 0.911. The van der Waals surface area contributed by atoms with Crippen LogP contribution in [-0.4, -0.2) is 4.60 Å². The van der Waals surface area contributed by atoms with Crippen LogP contribution in [0.3, 0.4) is 0 Å². The van der Waals surface area contributed by atoms with Crippen molar-refractivity contribution in [2.24, 2.45) is 0 Å². The van der Waals surface area contributed by atoms with Crippen molar-refractivity contribution in [1.82, 2.24) is 14.3 Å². The van der Waals surface area contributed by atoms with Gasteiger partial charge in [-0.1, -0.05) is 30.1 Å². The van der Waals surface area contributed by atoms with Gasteiger partial charge in [0.2, 0.25) is 0 Å². The van der Waals surface area contributed by atoms with Crippen molar-refractivity contribution in [3.8, 4) is 5.75 Å². The van der Waals surface area contributed by atoms with Gasteiger partial charge in [0, 0.05) is 8.88 Å². The molecule has 0 aliphatic carbocycles. The Morgan fingerprint density at radius 1 is 1.19 bits per heavy atom. The second-order valence-electron chi connectivity index (χ2n) is 3.38. The van der Waals surface area contributed by atoms with E-state index in [-0.39, 0.29) is 0 Å². The lowest BCUT2D eigenvalue weighted by molar-refractivity contribution is 0.146. The Hall–Kier alpha value is 0.190. The third-order valence-corrected chi connectivity index (χ3v) is 5.25. The van der Waals surface area contributed by atoms with Crippen molar-refractivity contribution >= 4 is 26.6 Å². The fraction of sp³-hybridized carbons (Fsp3) is 0.333. The lowest BCUT2D eigenvalue weighted by Gasteiger charge is -2.26. The smallest absolute Gasteiger partial charge is 0.148 e. The van der Waals surface area contributed by atoms with Gasteiger partial charge in [-0.15, -0.1) is 0 Å². The van der Waals surface area contributed by atoms with Crippen molar-refractivity contribution in [2.45, 2.75) is 19.8 Å². The van der Waals surface area contributed by atoms with E-state index >= 15 is 0 Å². The van der Waals surface area contributed by atoms with Crippen molar-refractivity contribution in [1.29, 1.82) is 0 Å². The molecule has 4 nitrogen and oxygen atoms in total. The van der Waals surface area contributed by atoms with Gasteiger partial charge in [0.15, 0.2) is 0 Å². The highest BCUT2D eigenvalue weighted by molar-refractivity contribution is 7.65. The summed E-state index contributed by atoms with van der Waals surface area (Å²) in [7, 11) is 1.73. The standard InChI is InChI=1S/C9H16N3OP3/c1-2-3-8-4-6-9(7-5-8)13-12-15-10-14-11-16-12/h4-7,10-11,14-16H,2-3H2,1H3. The zero-order valence-electron chi connectivity index (χ0n) is 9.08. The first-order valence-corrected chi connectivity index (χ1v) is 8.11. The number of nitrogens with one attached hydrogen (secondary N) is 2. The molecule has 1 aliphatic heterocycles. The van der Waals surface area contributed by atoms with Crippen LogP contribution in [0.2, 0.25) is 0 Å². The van der Waals surface area contributed by atoms with Crippen LogP contribution in [0.4, 0.5) is 0 Å². The monoisotopic (exact) mass is 275 g/mol. The fourth-order valence-electron chi connectivity index (χ4n) is 1.37. The first-order chi connectivity index (χ1) is 7.88. The number of hydrogen-bond acceptors (Lipinski definition) is 4. The van der Waals surface area contributed by atoms with Gasteiger partial charge in [0.05, 0.1) is 17.8 Å². The van der Waals surface area contributed by atoms with E-state index in [9.17, 15) is 0 Å². The first kappa shape index (κ1) is 12.6. The number of rotatable bonds is 4. The SMILES string of the molecule is CCCc1ccc(ON2PNPNP2)cc1. The maximum absolute atomic E-state index is 5.73. The molecule has 88 valence electrons. The molecule has 1 fully saturated rings. The predicted octanol–water partition coefficient (Wildman–Crippen LogP) is 2.95. The summed E-state index contributed by atoms with van der Waals surface area (Å²) in [6, 6.07) is 8.35. The number of benzene rings is 1. The highest BCUT2D eigenvalue weighted by Crippen LogP contribution is 2.37. The minimum absolute atomic E-state index is 0.539. The molecule has 2 atom stereocenters. The number of aryl methyl sites for hydroxylation is 1. The summed E-state index contributed by atoms with van der Waals surface area (Å²) in [5.41, 5.74) is 1.37. The molecule has 0 spiro atoms. The van der Waals surface area contributed by atoms with E-state index in [1.165, 1.54) is 12.0 Å². The molecule has 1 heterocycles. The van der Waals surface area contributed by atoms with Gasteiger partial charge in [-0.3, -0.25) is 9.72 Å². The molecule has 1 aliphatic rings. The molecule has 2 rings (SSSR count). The van der Waals surface area contributed by atoms with Crippen LogP contribution in [0.5, 0.6) is 5.75 Å². The van der Waals surface area contributed by atoms with Gasteiger partial charge in [-0.05, 0) is 24.1 Å². The van der Waals surface area contributed by atoms with Gasteiger partial charge in [-0.2, -0.15) is 0 Å². The third kappa shape index (κ3) is 3.89. The Bertz CT molecular complexity index is 316. The van der Waals surface area contributed by atoms with Crippen molar-refractivity contribution in [2.75, 3.05) is 0 Å². The summed E-state index contributed by atoms with van der Waals surface area (Å²) in [6.07, 6.45) is 2.32. The molecule has 0 saturated carbocycles. The second-order valence-corrected chi connectivity index (χ2v) is 7.34. The summed E-state index contributed by atoms with van der Waals surface area (Å²) in [6.45, 7) is 2.19. The highest BCUT2D eigenvalue weighted by Gasteiger charge is 2.10. The van der Waals surface area contributed by atoms with Gasteiger partial charge < -0.3 is 4.84 Å². The summed E-state index contributed by atoms with van der Waals surface area (Å²) in [5, 5.41) is 0. The summed E-state index contributed by atoms with van der Waals surface area (Å²) < 4.78 is 1.92. The lowest BCUT2D eigenvalue weighted by Crippen LogP contribution is -2.19. The lowest BCUT2D eigenvalue weighted by atomic mass is 10.1. The van der Waals surface area contributed by atoms with Gasteiger partial charge >= 0.3 is 0 Å². The molecule has 2 unspecified atom stereocenters. The molecule has 1 aromatic carbocycles. The minimum Gasteiger partial charge on any atom is -0.397 e. The molecule has 0 amide bonds. The maximum Gasteiger partial charge on any atom is 0.148 e. The quantitative estimate of drug-likeness (QED) is 0.828. The van der Waals surface area contributed by atoms with Crippen LogP contribution in [0.1, 0.15) is 18.9 Å². The Balaban J connectivity index is 1.88. The van der Waals surface area contributed by atoms with E-state index in [1.807, 2.05) is 16.7 Å². The van der Waals surface area contributed by atoms with Crippen LogP contribution in [0.25, 0.3) is 0 Å². The molecular formula is C9H16N3OP3. The van der Waals surface area contributed by atoms with Crippen LogP contribution < -0.4 is 14.6 Å². The predicted molar refractivity (Wildman–Crippen MR) is 74.1 cm³/mol. The van der Waals surface area contributed by atoms with E-state index in [2.05, 4.69) is 28.8 Å². The van der Waals surface area contributed by atoms with Crippen LogP contribution in [-0.2, 0) is 6.42 Å². The Kier molecular flexibility index (Phi) is 5.38. The van der Waals surface area contributed by atoms with Crippen LogP contribution >= 0.6 is 26.6 Å². The molecular weight excluding hydrogens is 259 g/mol. The van der Waals surface area contributed by atoms with Gasteiger partial charge in [0.25, 0.3) is 0 Å². The number of nitrogens with zero attached hydrogens (tertiary/aromatic N) is 1. The van der Waals surface area contributed by atoms with Crippen LogP contribution in [0.15, 0.2) is 24.3 Å². The summed E-state index contributed by atoms with van der Waals surface area (Å²) >= 11 is 0. The maximum atomic E-state index is 5.73. The Morgan fingerprint density at radius 2 is 1.88 bits per heavy atom. The Morgan fingerprint density at radius 3 is 2.50 bits per heavy atom. The van der Waals surface area contributed by atoms with Crippen molar-refractivity contribution < 1.29 is 4.84 Å². The molecule has 0 aromatic heterocycles. The molecule has 16 heavy (non-hydrogen) atoms. The zero-order valence-corrected chi connectivity index (χ0v) is 12.1. The normalized spacial score (nSPS) is 21.8. The van der Waals surface area contributed by atoms with Crippen LogP contribution in [0, 0.1) is 0 Å². The highest BCUT2D eigenvalue weighted by atomic mass is 31.2. The fourth-order valence-corrected chi connectivity index (χ4v) is 4.98. The van der Waals surface area contributed by atoms with E-state index in [0.29, 0.717) is 26.6 Å². The zero-order chi connectivity index (χ0) is 11.2. The van der Waals surface area contributed by atoms with E-state index in [1.54, 1.807) is 0 Å². The topological polar surface area (TPSA) is 36.5 Å². The van der Waals surface area contributed by atoms with Gasteiger partial charge in [-0.25, -0.2) is 0 Å². The minimum atomic E-state index is 0.539. The summed E-state index contributed by atoms with van der Waals surface area (Å²) in [4.78, 5) is 12.2. The van der Waals surface area contributed by atoms with Crippen molar-refractivity contribution in [3.63, 3.8) is 0 Å². The molecule has 0 bridgehead atoms. The van der Waals surface area contributed by atoms with Crippen molar-refractivity contribution in [3.05, 3.63) is 29.8 Å². The molecule has 1 aromatic rings. The molecule has 7 heteroatoms. The van der Waals surface area contributed by atoms with E-state index in [0.717, 1.165) is 12.2 Å². The molecule has 0 radical (unpaired) electrons. The second kappa shape index (κ2) is 6.81. The third-order valence-electron chi connectivity index (χ3n) is 2.10.